The zero-order chi connectivity index (χ0) is 23.9. The summed E-state index contributed by atoms with van der Waals surface area (Å²) in [4.78, 5) is 29.7. The van der Waals surface area contributed by atoms with Crippen molar-refractivity contribution in [1.29, 1.82) is 5.26 Å². The minimum atomic E-state index is -0.620. The fraction of sp³-hybridized carbons (Fsp3) is 0.208. The molecule has 1 aromatic heterocycles. The molecule has 1 aliphatic carbocycles. The van der Waals surface area contributed by atoms with Gasteiger partial charge < -0.3 is 0 Å². The monoisotopic (exact) mass is 624 g/mol. The second-order valence-electron chi connectivity index (χ2n) is 7.84. The topological polar surface area (TPSA) is 61.2 Å². The average Bonchev–Trinajstić information content (AvgIpc) is 3.13. The predicted octanol–water partition coefficient (Wildman–Crippen LogP) is 8.06. The smallest absolute Gasteiger partial charge is 0.267 e. The van der Waals surface area contributed by atoms with Gasteiger partial charge in [0.05, 0.1) is 26.7 Å². The van der Waals surface area contributed by atoms with Gasteiger partial charge in [0.25, 0.3) is 11.8 Å². The first-order chi connectivity index (χ1) is 15.7. The maximum absolute atomic E-state index is 13.8. The fourth-order valence-electron chi connectivity index (χ4n) is 3.85. The van der Waals surface area contributed by atoms with Crippen molar-refractivity contribution < 1.29 is 9.59 Å². The van der Waals surface area contributed by atoms with Crippen LogP contribution in [0.3, 0.4) is 0 Å². The van der Waals surface area contributed by atoms with Crippen molar-refractivity contribution in [3.8, 4) is 6.07 Å². The van der Waals surface area contributed by atoms with E-state index in [0.717, 1.165) is 34.6 Å². The number of amides is 2. The third-order valence-electron chi connectivity index (χ3n) is 5.53. The molecule has 1 heterocycles. The number of halogens is 4. The van der Waals surface area contributed by atoms with Gasteiger partial charge in [-0.25, -0.2) is 4.90 Å². The number of hydrogen-bond acceptors (Lipinski definition) is 4. The standard InChI is InChI=1S/C24H16Br2Cl2N2O2S/c1-12-2-5-15-18(11-29)24(33-21(15)8-12)30(22(31)16-9-13(25)3-6-19(16)27)23(32)17-10-14(26)4-7-20(17)28/h3-4,6-7,9-10,12H,2,5,8H2,1H3/t12-/m1/s1. The second kappa shape index (κ2) is 9.89. The molecule has 0 spiro atoms. The lowest BCUT2D eigenvalue weighted by molar-refractivity contribution is 0.0898. The van der Waals surface area contributed by atoms with Crippen LogP contribution in [0.5, 0.6) is 0 Å². The average molecular weight is 627 g/mol. The molecule has 0 unspecified atom stereocenters. The van der Waals surface area contributed by atoms with E-state index in [2.05, 4.69) is 44.9 Å². The summed E-state index contributed by atoms with van der Waals surface area (Å²) >= 11 is 20.7. The highest BCUT2D eigenvalue weighted by molar-refractivity contribution is 9.10. The molecule has 0 fully saturated rings. The Balaban J connectivity index is 1.94. The van der Waals surface area contributed by atoms with Crippen molar-refractivity contribution in [3.63, 3.8) is 0 Å². The van der Waals surface area contributed by atoms with Gasteiger partial charge in [0.15, 0.2) is 0 Å². The van der Waals surface area contributed by atoms with Gasteiger partial charge in [-0.15, -0.1) is 11.3 Å². The zero-order valence-electron chi connectivity index (χ0n) is 17.3. The van der Waals surface area contributed by atoms with Gasteiger partial charge >= 0.3 is 0 Å². The number of nitriles is 1. The third kappa shape index (κ3) is 4.78. The van der Waals surface area contributed by atoms with Gasteiger partial charge in [-0.2, -0.15) is 5.26 Å². The van der Waals surface area contributed by atoms with E-state index < -0.39 is 11.8 Å². The maximum atomic E-state index is 13.8. The normalized spacial score (nSPS) is 15.0. The van der Waals surface area contributed by atoms with Crippen molar-refractivity contribution in [3.05, 3.63) is 82.5 Å². The van der Waals surface area contributed by atoms with E-state index in [1.54, 1.807) is 36.4 Å². The largest absolute Gasteiger partial charge is 0.268 e. The number of anilines is 1. The summed E-state index contributed by atoms with van der Waals surface area (Å²) in [6.07, 6.45) is 2.50. The van der Waals surface area contributed by atoms with Crippen LogP contribution in [-0.2, 0) is 12.8 Å². The van der Waals surface area contributed by atoms with E-state index in [9.17, 15) is 14.9 Å². The Labute approximate surface area is 222 Å². The molecule has 2 amide bonds. The third-order valence-corrected chi connectivity index (χ3v) is 8.42. The molecule has 33 heavy (non-hydrogen) atoms. The minimum absolute atomic E-state index is 0.147. The van der Waals surface area contributed by atoms with Crippen LogP contribution in [0.1, 0.15) is 50.1 Å². The van der Waals surface area contributed by atoms with Crippen LogP contribution in [0.4, 0.5) is 5.00 Å². The van der Waals surface area contributed by atoms with Crippen LogP contribution in [0, 0.1) is 17.2 Å². The van der Waals surface area contributed by atoms with Crippen LogP contribution >= 0.6 is 66.4 Å². The quantitative estimate of drug-likeness (QED) is 0.276. The summed E-state index contributed by atoms with van der Waals surface area (Å²) in [5, 5.41) is 10.7. The van der Waals surface area contributed by atoms with Crippen LogP contribution in [0.25, 0.3) is 0 Å². The number of fused-ring (bicyclic) bond motifs is 1. The lowest BCUT2D eigenvalue weighted by Gasteiger charge is -2.21. The van der Waals surface area contributed by atoms with Gasteiger partial charge in [-0.1, -0.05) is 62.0 Å². The Morgan fingerprint density at radius 2 is 1.61 bits per heavy atom. The summed E-state index contributed by atoms with van der Waals surface area (Å²) in [6, 6.07) is 12.0. The molecule has 168 valence electrons. The molecule has 4 nitrogen and oxygen atoms in total. The van der Waals surface area contributed by atoms with E-state index in [1.807, 2.05) is 0 Å². The molecule has 0 bridgehead atoms. The lowest BCUT2D eigenvalue weighted by atomic mass is 9.88. The molecular formula is C24H16Br2Cl2N2O2S. The first-order valence-corrected chi connectivity index (χ1v) is 13.2. The number of hydrogen-bond donors (Lipinski definition) is 0. The molecule has 2 aromatic carbocycles. The Morgan fingerprint density at radius 1 is 1.06 bits per heavy atom. The fourth-order valence-corrected chi connectivity index (χ4v) is 6.43. The Bertz CT molecular complexity index is 1270. The van der Waals surface area contributed by atoms with E-state index in [4.69, 9.17) is 23.2 Å². The molecule has 9 heteroatoms. The summed E-state index contributed by atoms with van der Waals surface area (Å²) in [6.45, 7) is 2.16. The number of rotatable bonds is 3. The summed E-state index contributed by atoms with van der Waals surface area (Å²) < 4.78 is 1.28. The number of carbonyl (C=O) groups is 2. The predicted molar refractivity (Wildman–Crippen MR) is 140 cm³/mol. The highest BCUT2D eigenvalue weighted by Gasteiger charge is 2.35. The first kappa shape index (κ1) is 24.4. The van der Waals surface area contributed by atoms with Crippen molar-refractivity contribution in [1.82, 2.24) is 0 Å². The molecule has 0 radical (unpaired) electrons. The van der Waals surface area contributed by atoms with Crippen molar-refractivity contribution >= 4 is 83.2 Å². The summed E-state index contributed by atoms with van der Waals surface area (Å²) in [7, 11) is 0. The van der Waals surface area contributed by atoms with Gasteiger partial charge in [-0.05, 0) is 67.1 Å². The number of imide groups is 1. The van der Waals surface area contributed by atoms with Crippen molar-refractivity contribution in [2.24, 2.45) is 5.92 Å². The van der Waals surface area contributed by atoms with Gasteiger partial charge in [0.1, 0.15) is 11.1 Å². The molecule has 0 saturated carbocycles. The van der Waals surface area contributed by atoms with E-state index in [1.165, 1.54) is 11.3 Å². The highest BCUT2D eigenvalue weighted by atomic mass is 79.9. The van der Waals surface area contributed by atoms with Crippen LogP contribution in [0.15, 0.2) is 45.3 Å². The van der Waals surface area contributed by atoms with Crippen LogP contribution in [0.2, 0.25) is 10.0 Å². The molecule has 4 rings (SSSR count). The molecule has 1 aliphatic rings. The Morgan fingerprint density at radius 3 is 2.12 bits per heavy atom. The number of nitrogens with zero attached hydrogens (tertiary/aromatic N) is 2. The van der Waals surface area contributed by atoms with Gasteiger partial charge in [-0.3, -0.25) is 9.59 Å². The van der Waals surface area contributed by atoms with E-state index in [0.29, 0.717) is 25.4 Å². The lowest BCUT2D eigenvalue weighted by Crippen LogP contribution is -2.37. The zero-order valence-corrected chi connectivity index (χ0v) is 22.8. The summed E-state index contributed by atoms with van der Waals surface area (Å²) in [5.41, 5.74) is 1.57. The number of thiophene rings is 1. The maximum Gasteiger partial charge on any atom is 0.267 e. The number of benzene rings is 2. The highest BCUT2D eigenvalue weighted by Crippen LogP contribution is 2.43. The Hall–Kier alpha value is -1.69. The summed E-state index contributed by atoms with van der Waals surface area (Å²) in [5.74, 6) is -0.773. The van der Waals surface area contributed by atoms with Crippen molar-refractivity contribution in [2.75, 3.05) is 4.90 Å². The van der Waals surface area contributed by atoms with Crippen molar-refractivity contribution in [2.45, 2.75) is 26.2 Å². The molecular weight excluding hydrogens is 611 g/mol. The van der Waals surface area contributed by atoms with E-state index >= 15 is 0 Å². The van der Waals surface area contributed by atoms with E-state index in [-0.39, 0.29) is 21.2 Å². The molecule has 0 N–H and O–H groups in total. The molecule has 0 saturated heterocycles. The molecule has 3 aromatic rings. The van der Waals surface area contributed by atoms with Gasteiger partial charge in [0.2, 0.25) is 0 Å². The SMILES string of the molecule is C[C@@H]1CCc2c(sc(N(C(=O)c3cc(Br)ccc3Cl)C(=O)c3cc(Br)ccc3Cl)c2C#N)C1. The minimum Gasteiger partial charge on any atom is -0.268 e. The molecule has 1 atom stereocenters. The first-order valence-electron chi connectivity index (χ1n) is 10.0. The van der Waals surface area contributed by atoms with Gasteiger partial charge in [0, 0.05) is 13.8 Å². The Kier molecular flexibility index (Phi) is 7.32. The van der Waals surface area contributed by atoms with Crippen LogP contribution in [-0.4, -0.2) is 11.8 Å². The second-order valence-corrected chi connectivity index (χ2v) is 11.6. The number of carbonyl (C=O) groups excluding carboxylic acids is 2. The van der Waals surface area contributed by atoms with Crippen LogP contribution < -0.4 is 4.90 Å². The molecule has 0 aliphatic heterocycles.